The Morgan fingerprint density at radius 1 is 1.42 bits per heavy atom. The van der Waals surface area contributed by atoms with Gasteiger partial charge in [-0.15, -0.1) is 0 Å². The number of rotatable bonds is 2. The highest BCUT2D eigenvalue weighted by atomic mass is 15.2. The summed E-state index contributed by atoms with van der Waals surface area (Å²) in [7, 11) is 0. The van der Waals surface area contributed by atoms with Crippen molar-refractivity contribution in [3.8, 4) is 0 Å². The molecule has 1 N–H and O–H groups in total. The average molecular weight is 255 g/mol. The minimum absolute atomic E-state index is 0.764. The number of anilines is 1. The normalized spacial score (nSPS) is 24.2. The van der Waals surface area contributed by atoms with E-state index in [0.29, 0.717) is 0 Å². The van der Waals surface area contributed by atoms with E-state index in [0.717, 1.165) is 25.6 Å². The lowest BCUT2D eigenvalue weighted by atomic mass is 9.82. The lowest BCUT2D eigenvalue weighted by Crippen LogP contribution is -2.34. The van der Waals surface area contributed by atoms with Gasteiger partial charge in [-0.3, -0.25) is 4.99 Å². The molecule has 1 unspecified atom stereocenters. The maximum absolute atomic E-state index is 4.54. The predicted octanol–water partition coefficient (Wildman–Crippen LogP) is 2.24. The van der Waals surface area contributed by atoms with Gasteiger partial charge in [0.05, 0.1) is 13.1 Å². The van der Waals surface area contributed by atoms with Crippen LogP contribution in [-0.2, 0) is 6.42 Å². The summed E-state index contributed by atoms with van der Waals surface area (Å²) in [5.74, 6) is 1.94. The van der Waals surface area contributed by atoms with E-state index < -0.39 is 0 Å². The zero-order valence-corrected chi connectivity index (χ0v) is 11.6. The Bertz CT molecular complexity index is 547. The second-order valence-electron chi connectivity index (χ2n) is 6.02. The predicted molar refractivity (Wildman–Crippen MR) is 79.4 cm³/mol. The smallest absolute Gasteiger partial charge is 0.116 e. The molecule has 0 fully saturated rings. The highest BCUT2D eigenvalue weighted by Gasteiger charge is 2.34. The van der Waals surface area contributed by atoms with Crippen molar-refractivity contribution in [1.29, 1.82) is 0 Å². The van der Waals surface area contributed by atoms with Gasteiger partial charge in [-0.1, -0.05) is 6.07 Å². The molecule has 100 valence electrons. The lowest BCUT2D eigenvalue weighted by Gasteiger charge is -2.22. The first-order valence-corrected chi connectivity index (χ1v) is 7.47. The molecule has 4 rings (SSSR count). The molecule has 0 spiro atoms. The van der Waals surface area contributed by atoms with Crippen LogP contribution in [0.5, 0.6) is 0 Å². The fraction of sp³-hybridized carbons (Fsp3) is 0.562. The van der Waals surface area contributed by atoms with Crippen LogP contribution < -0.4 is 10.2 Å². The number of benzene rings is 1. The van der Waals surface area contributed by atoms with Gasteiger partial charge in [0.1, 0.15) is 5.84 Å². The van der Waals surface area contributed by atoms with Crippen LogP contribution >= 0.6 is 0 Å². The van der Waals surface area contributed by atoms with Gasteiger partial charge in [0.25, 0.3) is 0 Å². The fourth-order valence-corrected chi connectivity index (χ4v) is 3.92. The highest BCUT2D eigenvalue weighted by molar-refractivity contribution is 5.89. The van der Waals surface area contributed by atoms with Crippen molar-refractivity contribution < 1.29 is 0 Å². The second-order valence-corrected chi connectivity index (χ2v) is 6.02. The Morgan fingerprint density at radius 3 is 3.21 bits per heavy atom. The van der Waals surface area contributed by atoms with Crippen LogP contribution in [0.3, 0.4) is 0 Å². The van der Waals surface area contributed by atoms with E-state index in [1.54, 1.807) is 11.1 Å². The van der Waals surface area contributed by atoms with Crippen molar-refractivity contribution in [3.63, 3.8) is 0 Å². The van der Waals surface area contributed by atoms with E-state index in [1.165, 1.54) is 42.9 Å². The van der Waals surface area contributed by atoms with Crippen molar-refractivity contribution >= 4 is 11.5 Å². The Hall–Kier alpha value is -1.51. The first-order chi connectivity index (χ1) is 9.33. The van der Waals surface area contributed by atoms with Crippen molar-refractivity contribution in [2.45, 2.75) is 32.1 Å². The first kappa shape index (κ1) is 11.3. The van der Waals surface area contributed by atoms with E-state index in [4.69, 9.17) is 0 Å². The Morgan fingerprint density at radius 2 is 2.37 bits per heavy atom. The van der Waals surface area contributed by atoms with Crippen LogP contribution in [0.25, 0.3) is 0 Å². The second kappa shape index (κ2) is 4.26. The molecule has 1 atom stereocenters. The van der Waals surface area contributed by atoms with Gasteiger partial charge in [0.2, 0.25) is 0 Å². The zero-order chi connectivity index (χ0) is 12.8. The van der Waals surface area contributed by atoms with Gasteiger partial charge in [0, 0.05) is 24.7 Å². The molecule has 1 aromatic rings. The zero-order valence-electron chi connectivity index (χ0n) is 11.6. The SMILES string of the molecule is Cc1ccc2c3c1CCCC3CN2CC1=NCCN1. The minimum Gasteiger partial charge on any atom is -0.370 e. The van der Waals surface area contributed by atoms with Crippen LogP contribution in [0, 0.1) is 6.92 Å². The molecule has 0 radical (unpaired) electrons. The average Bonchev–Trinajstić information content (AvgIpc) is 3.03. The molecule has 0 saturated carbocycles. The van der Waals surface area contributed by atoms with Gasteiger partial charge < -0.3 is 10.2 Å². The van der Waals surface area contributed by atoms with E-state index in [-0.39, 0.29) is 0 Å². The maximum Gasteiger partial charge on any atom is 0.116 e. The molecule has 3 heteroatoms. The topological polar surface area (TPSA) is 27.6 Å². The molecule has 3 nitrogen and oxygen atoms in total. The van der Waals surface area contributed by atoms with E-state index in [2.05, 4.69) is 34.3 Å². The van der Waals surface area contributed by atoms with E-state index in [1.807, 2.05) is 0 Å². The molecule has 0 amide bonds. The number of amidine groups is 1. The molecule has 1 aliphatic carbocycles. The van der Waals surface area contributed by atoms with Gasteiger partial charge in [-0.25, -0.2) is 0 Å². The summed E-state index contributed by atoms with van der Waals surface area (Å²) in [6.45, 7) is 6.37. The molecule has 1 aromatic carbocycles. The van der Waals surface area contributed by atoms with Crippen molar-refractivity contribution in [1.82, 2.24) is 5.32 Å². The summed E-state index contributed by atoms with van der Waals surface area (Å²) in [4.78, 5) is 7.08. The summed E-state index contributed by atoms with van der Waals surface area (Å²) in [6, 6.07) is 4.63. The summed E-state index contributed by atoms with van der Waals surface area (Å²) >= 11 is 0. The van der Waals surface area contributed by atoms with Crippen molar-refractivity contribution in [3.05, 3.63) is 28.8 Å². The number of nitrogens with zero attached hydrogens (tertiary/aromatic N) is 2. The fourth-order valence-electron chi connectivity index (χ4n) is 3.92. The van der Waals surface area contributed by atoms with Crippen LogP contribution in [0.4, 0.5) is 5.69 Å². The molecule has 19 heavy (non-hydrogen) atoms. The van der Waals surface area contributed by atoms with Crippen LogP contribution in [-0.4, -0.2) is 32.0 Å². The molecule has 0 bridgehead atoms. The third-order valence-corrected chi connectivity index (χ3v) is 4.82. The molecular weight excluding hydrogens is 234 g/mol. The Kier molecular flexibility index (Phi) is 2.54. The van der Waals surface area contributed by atoms with Crippen molar-refractivity contribution in [2.75, 3.05) is 31.1 Å². The van der Waals surface area contributed by atoms with Crippen LogP contribution in [0.15, 0.2) is 17.1 Å². The molecule has 3 aliphatic rings. The van der Waals surface area contributed by atoms with Gasteiger partial charge in [0.15, 0.2) is 0 Å². The standard InChI is InChI=1S/C16H21N3/c1-11-5-6-14-16-12(3-2-4-13(11)16)9-19(14)10-15-17-7-8-18-15/h5-6,12H,2-4,7-10H2,1H3,(H,17,18). The molecule has 0 aromatic heterocycles. The molecule has 2 heterocycles. The molecular formula is C16H21N3. The summed E-state index contributed by atoms with van der Waals surface area (Å²) in [6.07, 6.45) is 3.99. The third kappa shape index (κ3) is 1.75. The van der Waals surface area contributed by atoms with Gasteiger partial charge in [-0.05, 0) is 48.9 Å². The molecule has 0 saturated heterocycles. The Balaban J connectivity index is 1.70. The van der Waals surface area contributed by atoms with Crippen LogP contribution in [0.1, 0.15) is 35.4 Å². The monoisotopic (exact) mass is 255 g/mol. The quantitative estimate of drug-likeness (QED) is 0.877. The first-order valence-electron chi connectivity index (χ1n) is 7.47. The Labute approximate surface area is 114 Å². The van der Waals surface area contributed by atoms with Gasteiger partial charge in [-0.2, -0.15) is 0 Å². The highest BCUT2D eigenvalue weighted by Crippen LogP contribution is 2.45. The van der Waals surface area contributed by atoms with E-state index >= 15 is 0 Å². The summed E-state index contributed by atoms with van der Waals surface area (Å²) in [5, 5.41) is 3.40. The largest absolute Gasteiger partial charge is 0.370 e. The number of hydrogen-bond donors (Lipinski definition) is 1. The van der Waals surface area contributed by atoms with Crippen molar-refractivity contribution in [2.24, 2.45) is 4.99 Å². The third-order valence-electron chi connectivity index (χ3n) is 4.82. The molecule has 2 aliphatic heterocycles. The summed E-state index contributed by atoms with van der Waals surface area (Å²) in [5.41, 5.74) is 6.26. The number of aliphatic imine (C=N–C) groups is 1. The minimum atomic E-state index is 0.764. The number of nitrogens with one attached hydrogen (secondary N) is 1. The van der Waals surface area contributed by atoms with Crippen LogP contribution in [0.2, 0.25) is 0 Å². The van der Waals surface area contributed by atoms with Gasteiger partial charge >= 0.3 is 0 Å². The lowest BCUT2D eigenvalue weighted by molar-refractivity contribution is 0.576. The maximum atomic E-state index is 4.54. The van der Waals surface area contributed by atoms with E-state index in [9.17, 15) is 0 Å². The number of hydrogen-bond acceptors (Lipinski definition) is 3. The summed E-state index contributed by atoms with van der Waals surface area (Å²) < 4.78 is 0. The number of aryl methyl sites for hydroxylation is 1.